The number of aromatic nitrogens is 2. The van der Waals surface area contributed by atoms with Gasteiger partial charge in [-0.2, -0.15) is 0 Å². The van der Waals surface area contributed by atoms with E-state index in [2.05, 4.69) is 30.7 Å². The van der Waals surface area contributed by atoms with Gasteiger partial charge in [-0.1, -0.05) is 33.6 Å². The number of nitrogens with one attached hydrogen (secondary N) is 1. The molecule has 1 heterocycles. The van der Waals surface area contributed by atoms with Gasteiger partial charge in [-0.15, -0.1) is 0 Å². The van der Waals surface area contributed by atoms with Crippen molar-refractivity contribution in [3.63, 3.8) is 0 Å². The van der Waals surface area contributed by atoms with E-state index < -0.39 is 5.97 Å². The Morgan fingerprint density at radius 2 is 2.00 bits per heavy atom. The number of H-pyrrole nitrogens is 1. The number of unbranched alkanes of at least 4 members (excludes halogenated alkanes) is 2. The Bertz CT molecular complexity index is 259. The van der Waals surface area contributed by atoms with Gasteiger partial charge < -0.3 is 10.1 Å². The first-order chi connectivity index (χ1) is 7.92. The molecule has 4 heteroatoms. The Morgan fingerprint density at radius 1 is 1.29 bits per heavy atom. The van der Waals surface area contributed by atoms with Gasteiger partial charge in [-0.25, -0.2) is 4.98 Å². The number of rotatable bonds is 5. The lowest BCUT2D eigenvalue weighted by molar-refractivity contribution is -0.137. The normalized spacial score (nSPS) is 10.5. The highest BCUT2D eigenvalue weighted by molar-refractivity contribution is 5.66. The Kier molecular flexibility index (Phi) is 8.11. The molecule has 0 amide bonds. The summed E-state index contributed by atoms with van der Waals surface area (Å²) in [7, 11) is 0. The highest BCUT2D eigenvalue weighted by Gasteiger charge is 2.08. The number of carboxylic acid groups (broad SMARTS) is 1. The van der Waals surface area contributed by atoms with E-state index >= 15 is 0 Å². The molecule has 1 aromatic heterocycles. The summed E-state index contributed by atoms with van der Waals surface area (Å²) in [4.78, 5) is 16.6. The van der Waals surface area contributed by atoms with Gasteiger partial charge in [0, 0.05) is 18.8 Å². The summed E-state index contributed by atoms with van der Waals surface area (Å²) in [6, 6.07) is 0. The smallest absolute Gasteiger partial charge is 0.303 e. The van der Waals surface area contributed by atoms with Gasteiger partial charge >= 0.3 is 5.97 Å². The topological polar surface area (TPSA) is 66.0 Å². The van der Waals surface area contributed by atoms with Crippen molar-refractivity contribution in [3.8, 4) is 0 Å². The maximum atomic E-state index is 10.2. The van der Waals surface area contributed by atoms with Crippen LogP contribution in [0.4, 0.5) is 0 Å². The zero-order chi connectivity index (χ0) is 13.1. The fraction of sp³-hybridized carbons (Fsp3) is 0.692. The molecule has 0 saturated carbocycles. The monoisotopic (exact) mass is 240 g/mol. The van der Waals surface area contributed by atoms with E-state index in [1.54, 1.807) is 18.7 Å². The molecule has 4 nitrogen and oxygen atoms in total. The Morgan fingerprint density at radius 3 is 2.35 bits per heavy atom. The average molecular weight is 240 g/mol. The molecule has 0 atom stereocenters. The number of nitrogens with zero attached hydrogens (tertiary/aromatic N) is 1. The summed E-state index contributed by atoms with van der Waals surface area (Å²) < 4.78 is 0. The van der Waals surface area contributed by atoms with E-state index in [-0.39, 0.29) is 0 Å². The molecule has 0 aromatic carbocycles. The lowest BCUT2D eigenvalue weighted by Crippen LogP contribution is -2.04. The highest BCUT2D eigenvalue weighted by Crippen LogP contribution is 2.22. The van der Waals surface area contributed by atoms with Crippen LogP contribution in [0.5, 0.6) is 0 Å². The lowest BCUT2D eigenvalue weighted by Gasteiger charge is -2.17. The number of imidazole rings is 1. The SMILES string of the molecule is CC(C)(C)CCCCCC(=O)O.c1c[nH]cn1. The molecule has 98 valence electrons. The van der Waals surface area contributed by atoms with Gasteiger partial charge in [-0.3, -0.25) is 4.79 Å². The minimum Gasteiger partial charge on any atom is -0.481 e. The molecule has 0 unspecified atom stereocenters. The Hall–Kier alpha value is -1.32. The zero-order valence-corrected chi connectivity index (χ0v) is 11.1. The van der Waals surface area contributed by atoms with Crippen LogP contribution >= 0.6 is 0 Å². The average Bonchev–Trinajstić information content (AvgIpc) is 2.72. The van der Waals surface area contributed by atoms with Crippen molar-refractivity contribution >= 4 is 5.97 Å². The fourth-order valence-corrected chi connectivity index (χ4v) is 1.32. The fourth-order valence-electron chi connectivity index (χ4n) is 1.32. The van der Waals surface area contributed by atoms with Crippen LogP contribution in [0.2, 0.25) is 0 Å². The molecule has 0 saturated heterocycles. The van der Waals surface area contributed by atoms with Gasteiger partial charge in [-0.05, 0) is 18.3 Å². The van der Waals surface area contributed by atoms with Crippen LogP contribution in [0.15, 0.2) is 18.7 Å². The third-order valence-corrected chi connectivity index (χ3v) is 2.22. The van der Waals surface area contributed by atoms with Crippen LogP contribution < -0.4 is 0 Å². The van der Waals surface area contributed by atoms with Crippen molar-refractivity contribution in [2.75, 3.05) is 0 Å². The van der Waals surface area contributed by atoms with Crippen LogP contribution in [0.3, 0.4) is 0 Å². The number of hydrogen-bond donors (Lipinski definition) is 2. The third kappa shape index (κ3) is 14.7. The predicted molar refractivity (Wildman–Crippen MR) is 68.8 cm³/mol. The summed E-state index contributed by atoms with van der Waals surface area (Å²) in [5, 5.41) is 8.37. The van der Waals surface area contributed by atoms with Crippen molar-refractivity contribution < 1.29 is 9.90 Å². The van der Waals surface area contributed by atoms with Crippen LogP contribution in [-0.4, -0.2) is 21.0 Å². The van der Waals surface area contributed by atoms with Crippen LogP contribution in [0.1, 0.15) is 52.9 Å². The number of carboxylic acids is 1. The van der Waals surface area contributed by atoms with Gasteiger partial charge in [0.25, 0.3) is 0 Å². The number of hydrogen-bond acceptors (Lipinski definition) is 2. The first-order valence-electron chi connectivity index (χ1n) is 6.06. The highest BCUT2D eigenvalue weighted by atomic mass is 16.4. The first-order valence-corrected chi connectivity index (χ1v) is 6.06. The quantitative estimate of drug-likeness (QED) is 0.774. The van der Waals surface area contributed by atoms with Crippen molar-refractivity contribution in [1.29, 1.82) is 0 Å². The van der Waals surface area contributed by atoms with Gasteiger partial charge in [0.05, 0.1) is 6.33 Å². The number of aromatic amines is 1. The second-order valence-electron chi connectivity index (χ2n) is 5.28. The Labute approximate surface area is 103 Å². The second kappa shape index (κ2) is 8.79. The Balaban J connectivity index is 0.000000419. The maximum absolute atomic E-state index is 10.2. The molecule has 0 spiro atoms. The standard InChI is InChI=1S/C10H20O2.C3H4N2/c1-10(2,3)8-6-4-5-7-9(11)12;1-2-5-3-4-1/h4-8H2,1-3H3,(H,11,12);1-3H,(H,4,5). The molecule has 2 N–H and O–H groups in total. The molecule has 0 aliphatic carbocycles. The molecule has 0 radical (unpaired) electrons. The molecule has 0 fully saturated rings. The minimum absolute atomic E-state index is 0.324. The predicted octanol–water partition coefficient (Wildman–Crippen LogP) is 3.48. The van der Waals surface area contributed by atoms with E-state index in [0.717, 1.165) is 19.3 Å². The van der Waals surface area contributed by atoms with Crippen molar-refractivity contribution in [1.82, 2.24) is 9.97 Å². The van der Waals surface area contributed by atoms with Gasteiger partial charge in [0.15, 0.2) is 0 Å². The molecule has 0 aliphatic heterocycles. The molecule has 1 rings (SSSR count). The third-order valence-electron chi connectivity index (χ3n) is 2.22. The molecule has 0 aliphatic rings. The van der Waals surface area contributed by atoms with Gasteiger partial charge in [0.2, 0.25) is 0 Å². The van der Waals surface area contributed by atoms with Crippen molar-refractivity contribution in [3.05, 3.63) is 18.7 Å². The van der Waals surface area contributed by atoms with Crippen LogP contribution in [0, 0.1) is 5.41 Å². The summed E-state index contributed by atoms with van der Waals surface area (Å²) in [6.45, 7) is 6.64. The van der Waals surface area contributed by atoms with Gasteiger partial charge in [0.1, 0.15) is 0 Å². The molecule has 17 heavy (non-hydrogen) atoms. The lowest BCUT2D eigenvalue weighted by atomic mass is 9.89. The zero-order valence-electron chi connectivity index (χ0n) is 11.1. The van der Waals surface area contributed by atoms with Crippen LogP contribution in [-0.2, 0) is 4.79 Å². The van der Waals surface area contributed by atoms with E-state index in [1.807, 2.05) is 0 Å². The van der Waals surface area contributed by atoms with E-state index in [0.29, 0.717) is 11.8 Å². The summed E-state index contributed by atoms with van der Waals surface area (Å²) in [5.74, 6) is -0.675. The largest absolute Gasteiger partial charge is 0.481 e. The van der Waals surface area contributed by atoms with Crippen molar-refractivity contribution in [2.45, 2.75) is 52.9 Å². The van der Waals surface area contributed by atoms with E-state index in [1.165, 1.54) is 6.42 Å². The molecular formula is C13H24N2O2. The summed E-state index contributed by atoms with van der Waals surface area (Å²) in [5.41, 5.74) is 0.392. The number of carbonyl (C=O) groups is 1. The van der Waals surface area contributed by atoms with Crippen molar-refractivity contribution in [2.24, 2.45) is 5.41 Å². The molecular weight excluding hydrogens is 216 g/mol. The summed E-state index contributed by atoms with van der Waals surface area (Å²) in [6.07, 6.45) is 9.61. The first kappa shape index (κ1) is 15.7. The van der Waals surface area contributed by atoms with E-state index in [9.17, 15) is 4.79 Å². The number of aliphatic carboxylic acids is 1. The van der Waals surface area contributed by atoms with E-state index in [4.69, 9.17) is 5.11 Å². The molecule has 0 bridgehead atoms. The van der Waals surface area contributed by atoms with Crippen LogP contribution in [0.25, 0.3) is 0 Å². The molecule has 1 aromatic rings. The second-order valence-corrected chi connectivity index (χ2v) is 5.28. The summed E-state index contributed by atoms with van der Waals surface area (Å²) >= 11 is 0. The minimum atomic E-state index is -0.675. The maximum Gasteiger partial charge on any atom is 0.303 e.